The number of hydrogen-bond donors (Lipinski definition) is 2. The van der Waals surface area contributed by atoms with Crippen LogP contribution in [0.2, 0.25) is 0 Å². The van der Waals surface area contributed by atoms with Crippen LogP contribution in [0.25, 0.3) is 10.8 Å². The van der Waals surface area contributed by atoms with Gasteiger partial charge in [0.05, 0.1) is 6.61 Å². The summed E-state index contributed by atoms with van der Waals surface area (Å²) in [5, 5.41) is 22.1. The minimum atomic E-state index is -0.220. The van der Waals surface area contributed by atoms with Gasteiger partial charge >= 0.3 is 0 Å². The molecule has 0 aliphatic carbocycles. The molecule has 0 heterocycles. The topological polar surface area (TPSA) is 40.5 Å². The SMILES string of the molecule is OC[C@@H](c1ccccc1)c1c(O)ccc2ccccc12. The minimum absolute atomic E-state index is 0.0361. The molecule has 0 amide bonds. The van der Waals surface area contributed by atoms with E-state index in [-0.39, 0.29) is 18.3 Å². The number of phenolic OH excluding ortho intramolecular Hbond substituents is 1. The van der Waals surface area contributed by atoms with E-state index in [0.29, 0.717) is 0 Å². The Bertz CT molecular complexity index is 720. The summed E-state index contributed by atoms with van der Waals surface area (Å²) in [6.07, 6.45) is 0. The fraction of sp³-hybridized carbons (Fsp3) is 0.111. The second-order valence-corrected chi connectivity index (χ2v) is 4.87. The Balaban J connectivity index is 2.24. The number of aromatic hydroxyl groups is 1. The van der Waals surface area contributed by atoms with Gasteiger partial charge in [0.25, 0.3) is 0 Å². The van der Waals surface area contributed by atoms with Gasteiger partial charge in [0.1, 0.15) is 5.75 Å². The Hall–Kier alpha value is -2.32. The molecule has 0 aromatic heterocycles. The van der Waals surface area contributed by atoms with Gasteiger partial charge < -0.3 is 10.2 Å². The lowest BCUT2D eigenvalue weighted by Crippen LogP contribution is -2.07. The first-order valence-corrected chi connectivity index (χ1v) is 6.67. The van der Waals surface area contributed by atoms with E-state index in [4.69, 9.17) is 0 Å². The highest BCUT2D eigenvalue weighted by Gasteiger charge is 2.19. The molecule has 0 aliphatic rings. The van der Waals surface area contributed by atoms with E-state index in [9.17, 15) is 10.2 Å². The Morgan fingerprint density at radius 2 is 1.50 bits per heavy atom. The van der Waals surface area contributed by atoms with Crippen molar-refractivity contribution in [3.05, 3.63) is 77.9 Å². The molecule has 2 N–H and O–H groups in total. The van der Waals surface area contributed by atoms with Crippen molar-refractivity contribution in [3.63, 3.8) is 0 Å². The Labute approximate surface area is 117 Å². The largest absolute Gasteiger partial charge is 0.508 e. The fourth-order valence-electron chi connectivity index (χ4n) is 2.70. The first-order valence-electron chi connectivity index (χ1n) is 6.67. The zero-order chi connectivity index (χ0) is 13.9. The van der Waals surface area contributed by atoms with Crippen molar-refractivity contribution >= 4 is 10.8 Å². The number of hydrogen-bond acceptors (Lipinski definition) is 2. The number of aliphatic hydroxyl groups is 1. The smallest absolute Gasteiger partial charge is 0.120 e. The number of benzene rings is 3. The van der Waals surface area contributed by atoms with Crippen molar-refractivity contribution in [3.8, 4) is 5.75 Å². The quantitative estimate of drug-likeness (QED) is 0.757. The van der Waals surface area contributed by atoms with Crippen LogP contribution >= 0.6 is 0 Å². The van der Waals surface area contributed by atoms with Gasteiger partial charge in [-0.3, -0.25) is 0 Å². The summed E-state index contributed by atoms with van der Waals surface area (Å²) in [6, 6.07) is 21.3. The summed E-state index contributed by atoms with van der Waals surface area (Å²) < 4.78 is 0. The Morgan fingerprint density at radius 1 is 0.800 bits per heavy atom. The van der Waals surface area contributed by atoms with E-state index in [1.54, 1.807) is 6.07 Å². The van der Waals surface area contributed by atoms with E-state index in [1.807, 2.05) is 60.7 Å². The van der Waals surface area contributed by atoms with Crippen LogP contribution in [0.5, 0.6) is 5.75 Å². The lowest BCUT2D eigenvalue weighted by molar-refractivity contribution is 0.278. The lowest BCUT2D eigenvalue weighted by Gasteiger charge is -2.19. The highest BCUT2D eigenvalue weighted by molar-refractivity contribution is 5.88. The molecule has 1 atom stereocenters. The summed E-state index contributed by atoms with van der Waals surface area (Å²) >= 11 is 0. The molecule has 0 saturated carbocycles. The van der Waals surface area contributed by atoms with Crippen LogP contribution in [0.3, 0.4) is 0 Å². The third-order valence-electron chi connectivity index (χ3n) is 3.68. The van der Waals surface area contributed by atoms with Crippen molar-refractivity contribution in [1.29, 1.82) is 0 Å². The first-order chi connectivity index (χ1) is 9.81. The molecule has 0 aliphatic heterocycles. The van der Waals surface area contributed by atoms with Crippen LogP contribution in [0.15, 0.2) is 66.7 Å². The average Bonchev–Trinajstić information content (AvgIpc) is 2.51. The van der Waals surface area contributed by atoms with E-state index >= 15 is 0 Å². The van der Waals surface area contributed by atoms with Gasteiger partial charge in [-0.25, -0.2) is 0 Å². The maximum absolute atomic E-state index is 10.3. The molecule has 3 aromatic carbocycles. The van der Waals surface area contributed by atoms with Crippen molar-refractivity contribution in [2.45, 2.75) is 5.92 Å². The summed E-state index contributed by atoms with van der Waals surface area (Å²) in [5.41, 5.74) is 1.79. The van der Waals surface area contributed by atoms with Crippen LogP contribution < -0.4 is 0 Å². The zero-order valence-corrected chi connectivity index (χ0v) is 11.0. The van der Waals surface area contributed by atoms with Crippen LogP contribution in [0.4, 0.5) is 0 Å². The third kappa shape index (κ3) is 2.15. The van der Waals surface area contributed by atoms with Crippen molar-refractivity contribution in [2.24, 2.45) is 0 Å². The standard InChI is InChI=1S/C18H16O2/c19-12-16(13-6-2-1-3-7-13)18-15-9-5-4-8-14(15)10-11-17(18)20/h1-11,16,19-20H,12H2/t16-/m0/s1. The van der Waals surface area contributed by atoms with Crippen LogP contribution in [-0.4, -0.2) is 16.8 Å². The van der Waals surface area contributed by atoms with Gasteiger partial charge in [-0.15, -0.1) is 0 Å². The zero-order valence-electron chi connectivity index (χ0n) is 11.0. The van der Waals surface area contributed by atoms with E-state index in [0.717, 1.165) is 21.9 Å². The molecule has 0 spiro atoms. The molecule has 0 bridgehead atoms. The van der Waals surface area contributed by atoms with Crippen molar-refractivity contribution in [1.82, 2.24) is 0 Å². The fourth-order valence-corrected chi connectivity index (χ4v) is 2.70. The molecule has 2 heteroatoms. The number of phenols is 1. The highest BCUT2D eigenvalue weighted by Crippen LogP contribution is 2.36. The number of fused-ring (bicyclic) bond motifs is 1. The average molecular weight is 264 g/mol. The predicted molar refractivity (Wildman–Crippen MR) is 81.0 cm³/mol. The molecule has 3 rings (SSSR count). The number of aliphatic hydroxyl groups excluding tert-OH is 1. The maximum atomic E-state index is 10.3. The van der Waals surface area contributed by atoms with Crippen molar-refractivity contribution in [2.75, 3.05) is 6.61 Å². The summed E-state index contributed by atoms with van der Waals surface area (Å²) in [5.74, 6) is 0.00824. The minimum Gasteiger partial charge on any atom is -0.508 e. The van der Waals surface area contributed by atoms with Gasteiger partial charge in [-0.05, 0) is 22.4 Å². The lowest BCUT2D eigenvalue weighted by atomic mass is 9.88. The first kappa shape index (κ1) is 12.7. The molecule has 0 saturated heterocycles. The predicted octanol–water partition coefficient (Wildman–Crippen LogP) is 3.67. The normalized spacial score (nSPS) is 12.4. The van der Waals surface area contributed by atoms with Gasteiger partial charge in [-0.1, -0.05) is 60.7 Å². The van der Waals surface area contributed by atoms with Gasteiger partial charge in [0.15, 0.2) is 0 Å². The molecular weight excluding hydrogens is 248 g/mol. The summed E-state index contributed by atoms with van der Waals surface area (Å²) in [7, 11) is 0. The van der Waals surface area contributed by atoms with Gasteiger partial charge in [-0.2, -0.15) is 0 Å². The monoisotopic (exact) mass is 264 g/mol. The Kier molecular flexibility index (Phi) is 3.40. The van der Waals surface area contributed by atoms with E-state index < -0.39 is 0 Å². The van der Waals surface area contributed by atoms with Crippen LogP contribution in [-0.2, 0) is 0 Å². The van der Waals surface area contributed by atoms with Crippen molar-refractivity contribution < 1.29 is 10.2 Å². The molecule has 0 radical (unpaired) electrons. The van der Waals surface area contributed by atoms with Gasteiger partial charge in [0, 0.05) is 11.5 Å². The van der Waals surface area contributed by atoms with Crippen LogP contribution in [0, 0.1) is 0 Å². The highest BCUT2D eigenvalue weighted by atomic mass is 16.3. The molecular formula is C18H16O2. The van der Waals surface area contributed by atoms with E-state index in [2.05, 4.69) is 0 Å². The van der Waals surface area contributed by atoms with E-state index in [1.165, 1.54) is 0 Å². The summed E-state index contributed by atoms with van der Waals surface area (Å²) in [6.45, 7) is -0.0361. The molecule has 2 nitrogen and oxygen atoms in total. The molecule has 3 aromatic rings. The second-order valence-electron chi connectivity index (χ2n) is 4.87. The number of rotatable bonds is 3. The maximum Gasteiger partial charge on any atom is 0.120 e. The molecule has 0 unspecified atom stereocenters. The summed E-state index contributed by atoms with van der Waals surface area (Å²) in [4.78, 5) is 0. The third-order valence-corrected chi connectivity index (χ3v) is 3.68. The van der Waals surface area contributed by atoms with Crippen LogP contribution in [0.1, 0.15) is 17.0 Å². The van der Waals surface area contributed by atoms with Gasteiger partial charge in [0.2, 0.25) is 0 Å². The molecule has 20 heavy (non-hydrogen) atoms. The molecule has 100 valence electrons. The molecule has 0 fully saturated rings. The second kappa shape index (κ2) is 5.35. The Morgan fingerprint density at radius 3 is 2.25 bits per heavy atom.